The zero-order valence-electron chi connectivity index (χ0n) is 13.7. The van der Waals surface area contributed by atoms with Crippen molar-refractivity contribution in [3.05, 3.63) is 58.6 Å². The Morgan fingerprint density at radius 1 is 1.29 bits per heavy atom. The van der Waals surface area contributed by atoms with Crippen molar-refractivity contribution in [1.29, 1.82) is 0 Å². The third-order valence-corrected chi connectivity index (χ3v) is 5.15. The number of rotatable bonds is 6. The van der Waals surface area contributed by atoms with E-state index in [2.05, 4.69) is 33.5 Å². The Hall–Kier alpha value is -2.31. The molecule has 1 aromatic heterocycles. The highest BCUT2D eigenvalue weighted by Gasteiger charge is 2.42. The molecule has 1 unspecified atom stereocenters. The summed E-state index contributed by atoms with van der Waals surface area (Å²) in [6, 6.07) is 10.3. The molecule has 0 bridgehead atoms. The smallest absolute Gasteiger partial charge is 0.278 e. The minimum Gasteiger partial charge on any atom is -0.383 e. The van der Waals surface area contributed by atoms with Crippen LogP contribution in [0.15, 0.2) is 52.4 Å². The lowest BCUT2D eigenvalue weighted by Crippen LogP contribution is -2.88. The molecule has 0 aliphatic carbocycles. The highest BCUT2D eigenvalue weighted by Crippen LogP contribution is 2.25. The quantitative estimate of drug-likeness (QED) is 0.849. The van der Waals surface area contributed by atoms with Crippen molar-refractivity contribution < 1.29 is 9.73 Å². The van der Waals surface area contributed by atoms with Gasteiger partial charge >= 0.3 is 0 Å². The molecule has 4 rings (SSSR count). The summed E-state index contributed by atoms with van der Waals surface area (Å²) in [6.07, 6.45) is 2.24. The molecule has 122 valence electrons. The molecular formula is C18H19N4OS+. The van der Waals surface area contributed by atoms with Crippen LogP contribution in [0.4, 0.5) is 5.13 Å². The third-order valence-electron chi connectivity index (χ3n) is 4.20. The molecule has 0 saturated carbocycles. The number of nitrogens with one attached hydrogen (secondary N) is 1. The molecule has 1 aromatic carbocycles. The normalized spacial score (nSPS) is 18.4. The first kappa shape index (κ1) is 15.2. The predicted molar refractivity (Wildman–Crippen MR) is 97.2 cm³/mol. The molecule has 1 N–H and O–H groups in total. The Balaban J connectivity index is 1.51. The summed E-state index contributed by atoms with van der Waals surface area (Å²) in [5, 5.41) is 3.10. The van der Waals surface area contributed by atoms with Crippen molar-refractivity contribution in [3.63, 3.8) is 0 Å². The van der Waals surface area contributed by atoms with Crippen molar-refractivity contribution in [2.45, 2.75) is 6.17 Å². The van der Waals surface area contributed by atoms with E-state index >= 15 is 0 Å². The van der Waals surface area contributed by atoms with Crippen LogP contribution >= 0.6 is 11.3 Å². The van der Waals surface area contributed by atoms with Gasteiger partial charge in [-0.15, -0.1) is 11.3 Å². The van der Waals surface area contributed by atoms with Gasteiger partial charge in [0, 0.05) is 26.1 Å². The molecule has 0 amide bonds. The van der Waals surface area contributed by atoms with Crippen LogP contribution in [0.2, 0.25) is 0 Å². The van der Waals surface area contributed by atoms with Crippen LogP contribution in [0.25, 0.3) is 0 Å². The summed E-state index contributed by atoms with van der Waals surface area (Å²) in [7, 11) is 3.75. The summed E-state index contributed by atoms with van der Waals surface area (Å²) in [6.45, 7) is 1.53. The Morgan fingerprint density at radius 3 is 2.92 bits per heavy atom. The first-order valence-electron chi connectivity index (χ1n) is 7.91. The Bertz CT molecular complexity index is 838. The number of anilines is 1. The molecular weight excluding hydrogens is 320 g/mol. The number of hydrogen-bond donors (Lipinski definition) is 1. The van der Waals surface area contributed by atoms with E-state index in [4.69, 9.17) is 14.7 Å². The standard InChI is InChI=1S/C18H18N4OS/c1-22(8-9-23-2)18-20-15(11-24-18)16-13-10-14(19-17(13)21-16)12-6-4-3-5-7-12/h3-7,10-11,17H,8-9H2,1-2H3/p+1. The number of benzene rings is 1. The van der Waals surface area contributed by atoms with Gasteiger partial charge in [-0.1, -0.05) is 30.3 Å². The maximum atomic E-state index is 5.12. The van der Waals surface area contributed by atoms with Crippen LogP contribution in [0.3, 0.4) is 0 Å². The fourth-order valence-corrected chi connectivity index (χ4v) is 3.61. The summed E-state index contributed by atoms with van der Waals surface area (Å²) in [4.78, 5) is 15.0. The minimum absolute atomic E-state index is 0.0755. The fraction of sp³-hybridized carbons (Fsp3) is 0.278. The number of nitrogens with zero attached hydrogens (tertiary/aromatic N) is 3. The Labute approximate surface area is 145 Å². The maximum Gasteiger partial charge on any atom is 0.278 e. The fourth-order valence-electron chi connectivity index (χ4n) is 2.80. The lowest BCUT2D eigenvalue weighted by molar-refractivity contribution is -0.509. The second-order valence-corrected chi connectivity index (χ2v) is 6.67. The molecule has 0 spiro atoms. The van der Waals surface area contributed by atoms with Crippen molar-refractivity contribution in [3.8, 4) is 0 Å². The van der Waals surface area contributed by atoms with Crippen LogP contribution in [0.5, 0.6) is 0 Å². The summed E-state index contributed by atoms with van der Waals surface area (Å²) >= 11 is 1.65. The van der Waals surface area contributed by atoms with E-state index in [9.17, 15) is 0 Å². The van der Waals surface area contributed by atoms with E-state index in [1.807, 2.05) is 25.2 Å². The number of hydrogen-bond acceptors (Lipinski definition) is 5. The predicted octanol–water partition coefficient (Wildman–Crippen LogP) is 0.864. The van der Waals surface area contributed by atoms with Gasteiger partial charge in [0.25, 0.3) is 6.17 Å². The van der Waals surface area contributed by atoms with Gasteiger partial charge in [0.15, 0.2) is 5.13 Å². The molecule has 2 aromatic rings. The molecule has 5 nitrogen and oxygen atoms in total. The topological polar surface area (TPSA) is 51.7 Å². The SMILES string of the molecule is COCCN(C)c1nc(C2=[NH+]C3N=C(c4ccccc4)C=C23)cs1. The van der Waals surface area contributed by atoms with Gasteiger partial charge < -0.3 is 9.64 Å². The van der Waals surface area contributed by atoms with E-state index in [-0.39, 0.29) is 6.17 Å². The van der Waals surface area contributed by atoms with Crippen molar-refractivity contribution in [2.24, 2.45) is 4.99 Å². The van der Waals surface area contributed by atoms with Gasteiger partial charge in [-0.2, -0.15) is 0 Å². The summed E-state index contributed by atoms with van der Waals surface area (Å²) in [5.41, 5.74) is 5.50. The van der Waals surface area contributed by atoms with Crippen LogP contribution in [0, 0.1) is 0 Å². The van der Waals surface area contributed by atoms with Gasteiger partial charge in [0.1, 0.15) is 11.3 Å². The number of ether oxygens (including phenoxy) is 1. The van der Waals surface area contributed by atoms with E-state index in [0.29, 0.717) is 6.61 Å². The molecule has 2 aliphatic rings. The molecule has 0 fully saturated rings. The number of aliphatic imine (C=N–C) groups is 1. The lowest BCUT2D eigenvalue weighted by atomic mass is 9.99. The van der Waals surface area contributed by atoms with Crippen molar-refractivity contribution in [2.75, 3.05) is 32.2 Å². The minimum atomic E-state index is 0.0755. The zero-order chi connectivity index (χ0) is 16.5. The van der Waals surface area contributed by atoms with Crippen LogP contribution in [-0.2, 0) is 4.74 Å². The Morgan fingerprint density at radius 2 is 2.12 bits per heavy atom. The first-order valence-corrected chi connectivity index (χ1v) is 8.79. The number of fused-ring (bicyclic) bond motifs is 1. The lowest BCUT2D eigenvalue weighted by Gasteiger charge is -2.15. The second-order valence-electron chi connectivity index (χ2n) is 5.83. The monoisotopic (exact) mass is 339 g/mol. The van der Waals surface area contributed by atoms with E-state index in [0.717, 1.165) is 34.4 Å². The van der Waals surface area contributed by atoms with Crippen LogP contribution in [0.1, 0.15) is 11.3 Å². The number of likely N-dealkylation sites (N-methyl/N-ethyl adjacent to an activating group) is 1. The molecule has 3 heterocycles. The highest BCUT2D eigenvalue weighted by atomic mass is 32.1. The van der Waals surface area contributed by atoms with Gasteiger partial charge in [0.2, 0.25) is 5.71 Å². The first-order chi connectivity index (χ1) is 11.8. The van der Waals surface area contributed by atoms with Crippen molar-refractivity contribution >= 4 is 27.9 Å². The molecule has 0 saturated heterocycles. The van der Waals surface area contributed by atoms with Crippen LogP contribution < -0.4 is 9.89 Å². The average molecular weight is 339 g/mol. The number of thiazole rings is 1. The van der Waals surface area contributed by atoms with Gasteiger partial charge in [-0.25, -0.2) is 15.0 Å². The maximum absolute atomic E-state index is 5.12. The van der Waals surface area contributed by atoms with Gasteiger partial charge in [0.05, 0.1) is 12.3 Å². The molecule has 24 heavy (non-hydrogen) atoms. The van der Waals surface area contributed by atoms with Gasteiger partial charge in [-0.3, -0.25) is 0 Å². The molecule has 1 atom stereocenters. The van der Waals surface area contributed by atoms with Gasteiger partial charge in [-0.05, 0) is 11.6 Å². The second kappa shape index (κ2) is 6.30. The molecule has 6 heteroatoms. The summed E-state index contributed by atoms with van der Waals surface area (Å²) < 4.78 is 5.12. The third kappa shape index (κ3) is 2.68. The number of allylic oxidation sites excluding steroid dienone is 1. The van der Waals surface area contributed by atoms with Crippen LogP contribution in [-0.4, -0.2) is 49.9 Å². The zero-order valence-corrected chi connectivity index (χ0v) is 14.5. The van der Waals surface area contributed by atoms with E-state index in [1.165, 1.54) is 5.57 Å². The largest absolute Gasteiger partial charge is 0.383 e. The average Bonchev–Trinajstić information content (AvgIpc) is 3.20. The number of aromatic nitrogens is 1. The molecule has 2 aliphatic heterocycles. The molecule has 0 radical (unpaired) electrons. The van der Waals surface area contributed by atoms with E-state index in [1.54, 1.807) is 18.4 Å². The highest BCUT2D eigenvalue weighted by molar-refractivity contribution is 7.14. The summed E-state index contributed by atoms with van der Waals surface area (Å²) in [5.74, 6) is 0. The number of methoxy groups -OCH3 is 1. The van der Waals surface area contributed by atoms with Crippen molar-refractivity contribution in [1.82, 2.24) is 4.98 Å². The Kier molecular flexibility index (Phi) is 4.00. The van der Waals surface area contributed by atoms with E-state index < -0.39 is 0 Å².